The minimum Gasteiger partial charge on any atom is -0.326 e. The third-order valence-electron chi connectivity index (χ3n) is 3.05. The largest absolute Gasteiger partial charge is 0.326 e. The van der Waals surface area contributed by atoms with Crippen LogP contribution in [0.2, 0.25) is 0 Å². The van der Waals surface area contributed by atoms with E-state index in [9.17, 15) is 8.42 Å². The molecule has 1 aromatic carbocycles. The van der Waals surface area contributed by atoms with Crippen LogP contribution < -0.4 is 5.73 Å². The molecule has 0 fully saturated rings. The smallest absolute Gasteiger partial charge is 0.260 e. The van der Waals surface area contributed by atoms with E-state index in [0.717, 1.165) is 11.1 Å². The first-order valence-corrected chi connectivity index (χ1v) is 7.63. The summed E-state index contributed by atoms with van der Waals surface area (Å²) in [5.74, 6) is 0. The molecule has 108 valence electrons. The summed E-state index contributed by atoms with van der Waals surface area (Å²) in [7, 11) is -2.07. The zero-order valence-electron chi connectivity index (χ0n) is 11.5. The molecular weight excluding hydrogens is 276 g/mol. The van der Waals surface area contributed by atoms with Crippen LogP contribution >= 0.6 is 0 Å². The molecular formula is C13H18N4O2S. The van der Waals surface area contributed by atoms with E-state index in [2.05, 4.69) is 10.2 Å². The minimum absolute atomic E-state index is 0.0650. The lowest BCUT2D eigenvalue weighted by atomic mass is 10.1. The van der Waals surface area contributed by atoms with Gasteiger partial charge in [0.15, 0.2) is 5.03 Å². The molecule has 0 unspecified atom stereocenters. The Morgan fingerprint density at radius 3 is 2.80 bits per heavy atom. The van der Waals surface area contributed by atoms with Gasteiger partial charge in [0.2, 0.25) is 0 Å². The molecule has 0 aliphatic heterocycles. The summed E-state index contributed by atoms with van der Waals surface area (Å²) in [6.45, 7) is 2.40. The first-order chi connectivity index (χ1) is 9.45. The Kier molecular flexibility index (Phi) is 4.22. The first-order valence-electron chi connectivity index (χ1n) is 6.19. The molecule has 20 heavy (non-hydrogen) atoms. The number of benzene rings is 1. The van der Waals surface area contributed by atoms with E-state index < -0.39 is 10.0 Å². The molecule has 0 radical (unpaired) electrons. The van der Waals surface area contributed by atoms with Crippen molar-refractivity contribution in [3.63, 3.8) is 0 Å². The van der Waals surface area contributed by atoms with E-state index in [0.29, 0.717) is 12.1 Å². The normalized spacial score (nSPS) is 12.0. The van der Waals surface area contributed by atoms with Crippen LogP contribution in [0.25, 0.3) is 0 Å². The van der Waals surface area contributed by atoms with Crippen molar-refractivity contribution in [3.8, 4) is 0 Å². The van der Waals surface area contributed by atoms with Gasteiger partial charge >= 0.3 is 0 Å². The Morgan fingerprint density at radius 2 is 2.15 bits per heavy atom. The van der Waals surface area contributed by atoms with Crippen molar-refractivity contribution >= 4 is 10.0 Å². The average molecular weight is 294 g/mol. The van der Waals surface area contributed by atoms with E-state index in [1.54, 1.807) is 7.05 Å². The fourth-order valence-electron chi connectivity index (χ4n) is 1.98. The molecule has 0 saturated heterocycles. The molecule has 0 spiro atoms. The number of aryl methyl sites for hydroxylation is 1. The van der Waals surface area contributed by atoms with Crippen LogP contribution in [0.15, 0.2) is 35.5 Å². The van der Waals surface area contributed by atoms with Crippen molar-refractivity contribution in [2.75, 3.05) is 7.05 Å². The highest BCUT2D eigenvalue weighted by Crippen LogP contribution is 2.18. The lowest BCUT2D eigenvalue weighted by molar-refractivity contribution is 0.462. The summed E-state index contributed by atoms with van der Waals surface area (Å²) in [6.07, 6.45) is 1.44. The second-order valence-electron chi connectivity index (χ2n) is 4.68. The number of aromatic amines is 1. The Hall–Kier alpha value is -1.70. The SMILES string of the molecule is Cc1cccc(CN(C)S(=O)(=O)c2[nH]ncc2CN)c1. The fraction of sp³-hybridized carbons (Fsp3) is 0.308. The number of hydrogen-bond acceptors (Lipinski definition) is 4. The summed E-state index contributed by atoms with van der Waals surface area (Å²) in [5, 5.41) is 6.33. The monoisotopic (exact) mass is 294 g/mol. The summed E-state index contributed by atoms with van der Waals surface area (Å²) >= 11 is 0. The highest BCUT2D eigenvalue weighted by atomic mass is 32.2. The van der Waals surface area contributed by atoms with Crippen LogP contribution in [-0.4, -0.2) is 30.0 Å². The number of aromatic nitrogens is 2. The maximum absolute atomic E-state index is 12.5. The molecule has 2 rings (SSSR count). The number of hydrogen-bond donors (Lipinski definition) is 2. The van der Waals surface area contributed by atoms with Crippen molar-refractivity contribution in [1.29, 1.82) is 0 Å². The van der Waals surface area contributed by atoms with Gasteiger partial charge in [-0.1, -0.05) is 29.8 Å². The van der Waals surface area contributed by atoms with Crippen LogP contribution in [0.3, 0.4) is 0 Å². The predicted molar refractivity (Wildman–Crippen MR) is 76.3 cm³/mol. The lowest BCUT2D eigenvalue weighted by Crippen LogP contribution is -2.28. The van der Waals surface area contributed by atoms with Crippen molar-refractivity contribution in [2.45, 2.75) is 25.0 Å². The molecule has 7 heteroatoms. The number of nitrogens with one attached hydrogen (secondary N) is 1. The Bertz CT molecular complexity index is 694. The summed E-state index contributed by atoms with van der Waals surface area (Å²) in [5.41, 5.74) is 8.04. The van der Waals surface area contributed by atoms with E-state index in [1.165, 1.54) is 10.5 Å². The van der Waals surface area contributed by atoms with Crippen LogP contribution in [0.1, 0.15) is 16.7 Å². The molecule has 2 aromatic rings. The van der Waals surface area contributed by atoms with E-state index >= 15 is 0 Å². The molecule has 6 nitrogen and oxygen atoms in total. The van der Waals surface area contributed by atoms with Gasteiger partial charge in [-0.2, -0.15) is 9.40 Å². The second-order valence-corrected chi connectivity index (χ2v) is 6.66. The second kappa shape index (κ2) is 5.74. The Labute approximate surface area is 118 Å². The maximum Gasteiger partial charge on any atom is 0.260 e. The number of sulfonamides is 1. The van der Waals surface area contributed by atoms with Gasteiger partial charge in [-0.3, -0.25) is 5.10 Å². The number of H-pyrrole nitrogens is 1. The molecule has 1 heterocycles. The summed E-state index contributed by atoms with van der Waals surface area (Å²) in [6, 6.07) is 7.74. The van der Waals surface area contributed by atoms with Crippen molar-refractivity contribution in [3.05, 3.63) is 47.2 Å². The third-order valence-corrected chi connectivity index (χ3v) is 4.87. The third kappa shape index (κ3) is 2.90. The van der Waals surface area contributed by atoms with Crippen LogP contribution in [0, 0.1) is 6.92 Å². The van der Waals surface area contributed by atoms with Crippen LogP contribution in [-0.2, 0) is 23.1 Å². The van der Waals surface area contributed by atoms with Gasteiger partial charge in [0.1, 0.15) is 0 Å². The quantitative estimate of drug-likeness (QED) is 0.860. The Balaban J connectivity index is 2.26. The van der Waals surface area contributed by atoms with Crippen molar-refractivity contribution in [2.24, 2.45) is 5.73 Å². The molecule has 0 aliphatic carbocycles. The van der Waals surface area contributed by atoms with E-state index in [-0.39, 0.29) is 11.6 Å². The number of rotatable bonds is 5. The molecule has 1 aromatic heterocycles. The number of nitrogens with zero attached hydrogens (tertiary/aromatic N) is 2. The minimum atomic E-state index is -3.61. The predicted octanol–water partition coefficient (Wildman–Crippen LogP) is 0.998. The van der Waals surface area contributed by atoms with Gasteiger partial charge in [0, 0.05) is 25.7 Å². The van der Waals surface area contributed by atoms with Crippen LogP contribution in [0.5, 0.6) is 0 Å². The molecule has 0 atom stereocenters. The summed E-state index contributed by atoms with van der Waals surface area (Å²) < 4.78 is 26.2. The van der Waals surface area contributed by atoms with E-state index in [4.69, 9.17) is 5.73 Å². The Morgan fingerprint density at radius 1 is 1.40 bits per heavy atom. The van der Waals surface area contributed by atoms with Gasteiger partial charge in [0.05, 0.1) is 6.20 Å². The highest BCUT2D eigenvalue weighted by molar-refractivity contribution is 7.89. The topological polar surface area (TPSA) is 92.1 Å². The molecule has 3 N–H and O–H groups in total. The molecule has 0 saturated carbocycles. The van der Waals surface area contributed by atoms with Gasteiger partial charge in [-0.25, -0.2) is 8.42 Å². The zero-order valence-corrected chi connectivity index (χ0v) is 12.3. The molecule has 0 bridgehead atoms. The van der Waals surface area contributed by atoms with Gasteiger partial charge in [0.25, 0.3) is 10.0 Å². The first kappa shape index (κ1) is 14.7. The standard InChI is InChI=1S/C13H18N4O2S/c1-10-4-3-5-11(6-10)9-17(2)20(18,19)13-12(7-14)8-15-16-13/h3-6,8H,7,9,14H2,1-2H3,(H,15,16). The molecule has 0 aliphatic rings. The summed E-state index contributed by atoms with van der Waals surface area (Å²) in [4.78, 5) is 0. The fourth-order valence-corrected chi connectivity index (χ4v) is 3.24. The van der Waals surface area contributed by atoms with Crippen LogP contribution in [0.4, 0.5) is 0 Å². The average Bonchev–Trinajstić information content (AvgIpc) is 2.87. The highest BCUT2D eigenvalue weighted by Gasteiger charge is 2.25. The molecule has 0 amide bonds. The van der Waals surface area contributed by atoms with E-state index in [1.807, 2.05) is 31.2 Å². The van der Waals surface area contributed by atoms with Crippen molar-refractivity contribution in [1.82, 2.24) is 14.5 Å². The maximum atomic E-state index is 12.5. The zero-order chi connectivity index (χ0) is 14.8. The van der Waals surface area contributed by atoms with Gasteiger partial charge in [-0.05, 0) is 12.5 Å². The van der Waals surface area contributed by atoms with Gasteiger partial charge < -0.3 is 5.73 Å². The number of nitrogens with two attached hydrogens (primary N) is 1. The lowest BCUT2D eigenvalue weighted by Gasteiger charge is -2.17. The van der Waals surface area contributed by atoms with Gasteiger partial charge in [-0.15, -0.1) is 0 Å². The van der Waals surface area contributed by atoms with Crippen molar-refractivity contribution < 1.29 is 8.42 Å².